The van der Waals surface area contributed by atoms with Gasteiger partial charge in [-0.15, -0.1) is 11.3 Å². The quantitative estimate of drug-likeness (QED) is 0.862. The summed E-state index contributed by atoms with van der Waals surface area (Å²) in [7, 11) is 2.02. The molecule has 5 heteroatoms. The first-order chi connectivity index (χ1) is 11.0. The molecule has 0 aliphatic carbocycles. The van der Waals surface area contributed by atoms with Crippen LogP contribution in [0.1, 0.15) is 31.7 Å². The zero-order valence-corrected chi connectivity index (χ0v) is 15.0. The molecule has 3 rings (SSSR count). The number of para-hydroxylation sites is 1. The maximum Gasteiger partial charge on any atom is 0.239 e. The Balaban J connectivity index is 1.62. The molecule has 1 aromatic carbocycles. The predicted octanol–water partition coefficient (Wildman–Crippen LogP) is 3.38. The second-order valence-corrected chi connectivity index (χ2v) is 7.79. The highest BCUT2D eigenvalue weighted by Crippen LogP contribution is 2.23. The van der Waals surface area contributed by atoms with Crippen molar-refractivity contribution in [1.82, 2.24) is 14.8 Å². The van der Waals surface area contributed by atoms with Crippen LogP contribution in [0.3, 0.4) is 0 Å². The van der Waals surface area contributed by atoms with Crippen LogP contribution in [0.15, 0.2) is 24.3 Å². The third kappa shape index (κ3) is 3.72. The summed E-state index contributed by atoms with van der Waals surface area (Å²) in [6.45, 7) is 6.80. The van der Waals surface area contributed by atoms with Crippen molar-refractivity contribution >= 4 is 27.5 Å². The van der Waals surface area contributed by atoms with E-state index in [0.717, 1.165) is 48.9 Å². The molecule has 4 nitrogen and oxygen atoms in total. The summed E-state index contributed by atoms with van der Waals surface area (Å²) in [6, 6.07) is 8.09. The highest BCUT2D eigenvalue weighted by Gasteiger charge is 2.27. The Labute approximate surface area is 142 Å². The lowest BCUT2D eigenvalue weighted by Gasteiger charge is -2.34. The number of aromatic nitrogens is 1. The van der Waals surface area contributed by atoms with Crippen molar-refractivity contribution in [2.75, 3.05) is 20.1 Å². The lowest BCUT2D eigenvalue weighted by molar-refractivity contribution is -0.137. The molecule has 1 unspecified atom stereocenters. The number of likely N-dealkylation sites (tertiary alicyclic amines) is 1. The van der Waals surface area contributed by atoms with Gasteiger partial charge in [0.15, 0.2) is 0 Å². The largest absolute Gasteiger partial charge is 0.341 e. The van der Waals surface area contributed by atoms with Crippen molar-refractivity contribution < 1.29 is 4.79 Å². The van der Waals surface area contributed by atoms with Crippen molar-refractivity contribution in [2.24, 2.45) is 5.92 Å². The normalized spacial score (nSPS) is 17.8. The summed E-state index contributed by atoms with van der Waals surface area (Å²) in [4.78, 5) is 21.5. The predicted molar refractivity (Wildman–Crippen MR) is 95.5 cm³/mol. The standard InChI is InChI=1S/C18H25N3OS/c1-13-8-10-21(11-9-13)18(22)14(2)20(3)12-17-19-15-6-4-5-7-16(15)23-17/h4-7,13-14H,8-12H2,1-3H3. The Hall–Kier alpha value is -1.46. The van der Waals surface area contributed by atoms with Gasteiger partial charge in [0.1, 0.15) is 5.01 Å². The van der Waals surface area contributed by atoms with Crippen LogP contribution in [0.4, 0.5) is 0 Å². The summed E-state index contributed by atoms with van der Waals surface area (Å²) >= 11 is 1.71. The fourth-order valence-electron chi connectivity index (χ4n) is 3.02. The number of likely N-dealkylation sites (N-methyl/N-ethyl adjacent to an activating group) is 1. The van der Waals surface area contributed by atoms with E-state index in [1.54, 1.807) is 11.3 Å². The van der Waals surface area contributed by atoms with Crippen LogP contribution in [0.25, 0.3) is 10.2 Å². The lowest BCUT2D eigenvalue weighted by Crippen LogP contribution is -2.48. The molecule has 0 saturated carbocycles. The number of piperidine rings is 1. The topological polar surface area (TPSA) is 36.4 Å². The van der Waals surface area contributed by atoms with Crippen molar-refractivity contribution in [2.45, 2.75) is 39.3 Å². The first-order valence-electron chi connectivity index (χ1n) is 8.38. The van der Waals surface area contributed by atoms with E-state index in [4.69, 9.17) is 0 Å². The molecule has 1 aliphatic heterocycles. The molecule has 1 fully saturated rings. The number of rotatable bonds is 4. The molecule has 2 heterocycles. The minimum absolute atomic E-state index is 0.101. The van der Waals surface area contributed by atoms with E-state index in [9.17, 15) is 4.79 Å². The number of amides is 1. The first-order valence-corrected chi connectivity index (χ1v) is 9.19. The Morgan fingerprint density at radius 3 is 2.78 bits per heavy atom. The summed E-state index contributed by atoms with van der Waals surface area (Å²) in [5.41, 5.74) is 1.05. The average Bonchev–Trinajstić information content (AvgIpc) is 2.96. The van der Waals surface area contributed by atoms with E-state index < -0.39 is 0 Å². The highest BCUT2D eigenvalue weighted by atomic mass is 32.1. The maximum atomic E-state index is 12.7. The molecule has 1 atom stereocenters. The van der Waals surface area contributed by atoms with Gasteiger partial charge in [0, 0.05) is 13.1 Å². The van der Waals surface area contributed by atoms with Gasteiger partial charge in [-0.2, -0.15) is 0 Å². The molecule has 1 aliphatic rings. The van der Waals surface area contributed by atoms with Gasteiger partial charge in [0.25, 0.3) is 0 Å². The van der Waals surface area contributed by atoms with Gasteiger partial charge in [-0.05, 0) is 44.9 Å². The molecular formula is C18H25N3OS. The maximum absolute atomic E-state index is 12.7. The van der Waals surface area contributed by atoms with Crippen LogP contribution in [-0.4, -0.2) is 46.9 Å². The van der Waals surface area contributed by atoms with E-state index in [1.807, 2.05) is 37.1 Å². The fourth-order valence-corrected chi connectivity index (χ4v) is 4.05. The van der Waals surface area contributed by atoms with Crippen LogP contribution in [0.5, 0.6) is 0 Å². The van der Waals surface area contributed by atoms with Crippen molar-refractivity contribution in [3.05, 3.63) is 29.3 Å². The van der Waals surface area contributed by atoms with Crippen LogP contribution < -0.4 is 0 Å². The number of thiazole rings is 1. The third-order valence-corrected chi connectivity index (χ3v) is 5.86. The molecule has 1 saturated heterocycles. The molecule has 23 heavy (non-hydrogen) atoms. The number of benzene rings is 1. The van der Waals surface area contributed by atoms with Crippen LogP contribution in [0, 0.1) is 5.92 Å². The first kappa shape index (κ1) is 16.4. The highest BCUT2D eigenvalue weighted by molar-refractivity contribution is 7.18. The molecule has 0 bridgehead atoms. The number of nitrogens with zero attached hydrogens (tertiary/aromatic N) is 3. The Kier molecular flexibility index (Phi) is 4.97. The number of hydrogen-bond acceptors (Lipinski definition) is 4. The molecule has 0 radical (unpaired) electrons. The Bertz CT molecular complexity index is 643. The summed E-state index contributed by atoms with van der Waals surface area (Å²) in [5, 5.41) is 1.07. The minimum Gasteiger partial charge on any atom is -0.341 e. The second-order valence-electron chi connectivity index (χ2n) is 6.67. The van der Waals surface area contributed by atoms with Gasteiger partial charge in [-0.25, -0.2) is 4.98 Å². The number of carbonyl (C=O) groups is 1. The van der Waals surface area contributed by atoms with Crippen LogP contribution in [0.2, 0.25) is 0 Å². The van der Waals surface area contributed by atoms with E-state index in [2.05, 4.69) is 22.9 Å². The zero-order chi connectivity index (χ0) is 16.4. The lowest BCUT2D eigenvalue weighted by atomic mass is 9.99. The van der Waals surface area contributed by atoms with E-state index in [0.29, 0.717) is 0 Å². The van der Waals surface area contributed by atoms with Gasteiger partial charge in [0.05, 0.1) is 22.8 Å². The molecule has 2 aromatic rings. The van der Waals surface area contributed by atoms with Crippen molar-refractivity contribution in [3.8, 4) is 0 Å². The molecule has 0 N–H and O–H groups in total. The molecule has 0 spiro atoms. The smallest absolute Gasteiger partial charge is 0.239 e. The summed E-state index contributed by atoms with van der Waals surface area (Å²) in [5.74, 6) is 0.996. The van der Waals surface area contributed by atoms with Gasteiger partial charge in [-0.3, -0.25) is 9.69 Å². The van der Waals surface area contributed by atoms with Crippen molar-refractivity contribution in [1.29, 1.82) is 0 Å². The monoisotopic (exact) mass is 331 g/mol. The van der Waals surface area contributed by atoms with Crippen molar-refractivity contribution in [3.63, 3.8) is 0 Å². The molecule has 124 valence electrons. The van der Waals surface area contributed by atoms with Gasteiger partial charge in [-0.1, -0.05) is 19.1 Å². The minimum atomic E-state index is -0.101. The Morgan fingerprint density at radius 1 is 1.39 bits per heavy atom. The van der Waals surface area contributed by atoms with Crippen LogP contribution >= 0.6 is 11.3 Å². The number of carbonyl (C=O) groups excluding carboxylic acids is 1. The molecule has 1 aromatic heterocycles. The van der Waals surface area contributed by atoms with Gasteiger partial charge < -0.3 is 4.90 Å². The fraction of sp³-hybridized carbons (Fsp3) is 0.556. The number of fused-ring (bicyclic) bond motifs is 1. The SMILES string of the molecule is CC1CCN(C(=O)C(C)N(C)Cc2nc3ccccc3s2)CC1. The zero-order valence-electron chi connectivity index (χ0n) is 14.2. The number of hydrogen-bond donors (Lipinski definition) is 0. The second kappa shape index (κ2) is 6.97. The summed E-state index contributed by atoms with van der Waals surface area (Å²) in [6.07, 6.45) is 2.25. The van der Waals surface area contributed by atoms with E-state index >= 15 is 0 Å². The third-order valence-electron chi connectivity index (χ3n) is 4.84. The van der Waals surface area contributed by atoms with E-state index in [-0.39, 0.29) is 11.9 Å². The molecule has 1 amide bonds. The van der Waals surface area contributed by atoms with E-state index in [1.165, 1.54) is 4.70 Å². The van der Waals surface area contributed by atoms with Gasteiger partial charge >= 0.3 is 0 Å². The van der Waals surface area contributed by atoms with Gasteiger partial charge in [0.2, 0.25) is 5.91 Å². The summed E-state index contributed by atoms with van der Waals surface area (Å²) < 4.78 is 1.21. The molecular weight excluding hydrogens is 306 g/mol. The Morgan fingerprint density at radius 2 is 2.09 bits per heavy atom. The average molecular weight is 331 g/mol. The van der Waals surface area contributed by atoms with Crippen LogP contribution in [-0.2, 0) is 11.3 Å².